The molecule has 136 valence electrons. The molecular weight excluding hydrogens is 401 g/mol. The molecular formula is C20H15Cl2N3OS. The molecule has 0 bridgehead atoms. The molecule has 1 N–H and O–H groups in total. The van der Waals surface area contributed by atoms with Gasteiger partial charge in [0, 0.05) is 16.6 Å². The first-order valence-electron chi connectivity index (χ1n) is 8.17. The second-order valence-electron chi connectivity index (χ2n) is 5.93. The van der Waals surface area contributed by atoms with Crippen LogP contribution >= 0.6 is 34.5 Å². The number of methoxy groups -OCH3 is 1. The number of fused-ring (bicyclic) bond motifs is 1. The van der Waals surface area contributed by atoms with Gasteiger partial charge in [0.05, 0.1) is 22.5 Å². The van der Waals surface area contributed by atoms with Crippen molar-refractivity contribution in [3.05, 3.63) is 63.7 Å². The fourth-order valence-electron chi connectivity index (χ4n) is 2.83. The molecule has 0 unspecified atom stereocenters. The van der Waals surface area contributed by atoms with Gasteiger partial charge in [-0.2, -0.15) is 0 Å². The SMILES string of the molecule is COc1ccc(-c2csc3nc(C)nc(Nc4ccc(Cl)c(Cl)c4)c23)cc1. The molecule has 0 spiro atoms. The minimum atomic E-state index is 0.490. The molecule has 7 heteroatoms. The molecule has 0 aliphatic heterocycles. The van der Waals surface area contributed by atoms with Crippen molar-refractivity contribution in [2.45, 2.75) is 6.92 Å². The number of aryl methyl sites for hydroxylation is 1. The maximum Gasteiger partial charge on any atom is 0.143 e. The number of halogens is 2. The Bertz CT molecular complexity index is 1130. The van der Waals surface area contributed by atoms with Gasteiger partial charge in [-0.25, -0.2) is 9.97 Å². The summed E-state index contributed by atoms with van der Waals surface area (Å²) in [5.41, 5.74) is 2.96. The zero-order chi connectivity index (χ0) is 19.0. The average molecular weight is 416 g/mol. The Hall–Kier alpha value is -2.34. The summed E-state index contributed by atoms with van der Waals surface area (Å²) >= 11 is 13.8. The molecule has 2 aromatic heterocycles. The lowest BCUT2D eigenvalue weighted by Crippen LogP contribution is -1.98. The van der Waals surface area contributed by atoms with Crippen molar-refractivity contribution >= 4 is 56.3 Å². The number of nitrogens with zero attached hydrogens (tertiary/aromatic N) is 2. The molecule has 0 atom stereocenters. The molecule has 0 amide bonds. The van der Waals surface area contributed by atoms with E-state index in [1.807, 2.05) is 37.3 Å². The van der Waals surface area contributed by atoms with Crippen molar-refractivity contribution in [2.75, 3.05) is 12.4 Å². The van der Waals surface area contributed by atoms with Gasteiger partial charge in [-0.05, 0) is 42.8 Å². The van der Waals surface area contributed by atoms with Crippen molar-refractivity contribution in [3.8, 4) is 16.9 Å². The minimum absolute atomic E-state index is 0.490. The van der Waals surface area contributed by atoms with E-state index < -0.39 is 0 Å². The molecule has 0 saturated carbocycles. The summed E-state index contributed by atoms with van der Waals surface area (Å²) in [5.74, 6) is 2.26. The van der Waals surface area contributed by atoms with Crippen LogP contribution in [0.5, 0.6) is 5.75 Å². The first-order valence-corrected chi connectivity index (χ1v) is 9.81. The van der Waals surface area contributed by atoms with E-state index in [0.717, 1.165) is 38.6 Å². The molecule has 0 aliphatic rings. The number of aromatic nitrogens is 2. The van der Waals surface area contributed by atoms with E-state index in [1.54, 1.807) is 30.6 Å². The quantitative estimate of drug-likeness (QED) is 0.401. The topological polar surface area (TPSA) is 47.0 Å². The third-order valence-electron chi connectivity index (χ3n) is 4.13. The van der Waals surface area contributed by atoms with Gasteiger partial charge in [-0.15, -0.1) is 11.3 Å². The van der Waals surface area contributed by atoms with Crippen molar-refractivity contribution in [3.63, 3.8) is 0 Å². The smallest absolute Gasteiger partial charge is 0.143 e. The predicted octanol–water partition coefficient (Wildman–Crippen LogP) is 6.73. The molecule has 27 heavy (non-hydrogen) atoms. The van der Waals surface area contributed by atoms with Gasteiger partial charge in [0.2, 0.25) is 0 Å². The Morgan fingerprint density at radius 2 is 1.78 bits per heavy atom. The standard InChI is InChI=1S/C20H15Cl2N3OS/c1-11-23-19(25-13-5-8-16(21)17(22)9-13)18-15(10-27-20(18)24-11)12-3-6-14(26-2)7-4-12/h3-10H,1-2H3,(H,23,24,25). The lowest BCUT2D eigenvalue weighted by molar-refractivity contribution is 0.415. The van der Waals surface area contributed by atoms with E-state index in [1.165, 1.54) is 0 Å². The maximum atomic E-state index is 6.15. The van der Waals surface area contributed by atoms with Crippen LogP contribution in [0.3, 0.4) is 0 Å². The van der Waals surface area contributed by atoms with E-state index in [4.69, 9.17) is 27.9 Å². The van der Waals surface area contributed by atoms with Crippen LogP contribution in [0.15, 0.2) is 47.8 Å². The van der Waals surface area contributed by atoms with Gasteiger partial charge >= 0.3 is 0 Å². The summed E-state index contributed by atoms with van der Waals surface area (Å²) in [5, 5.41) is 7.44. The largest absolute Gasteiger partial charge is 0.497 e. The van der Waals surface area contributed by atoms with Crippen molar-refractivity contribution < 1.29 is 4.74 Å². The number of nitrogens with one attached hydrogen (secondary N) is 1. The Labute approximate surface area is 170 Å². The normalized spacial score (nSPS) is 11.0. The van der Waals surface area contributed by atoms with Crippen LogP contribution in [-0.2, 0) is 0 Å². The zero-order valence-electron chi connectivity index (χ0n) is 14.6. The lowest BCUT2D eigenvalue weighted by Gasteiger charge is -2.10. The molecule has 2 aromatic carbocycles. The van der Waals surface area contributed by atoms with Gasteiger partial charge in [-0.3, -0.25) is 0 Å². The Morgan fingerprint density at radius 1 is 1.00 bits per heavy atom. The van der Waals surface area contributed by atoms with E-state index >= 15 is 0 Å². The molecule has 0 radical (unpaired) electrons. The van der Waals surface area contributed by atoms with E-state index in [9.17, 15) is 0 Å². The summed E-state index contributed by atoms with van der Waals surface area (Å²) in [7, 11) is 1.66. The first-order chi connectivity index (χ1) is 13.0. The molecule has 0 fully saturated rings. The first kappa shape index (κ1) is 18.0. The molecule has 0 aliphatic carbocycles. The van der Waals surface area contributed by atoms with Crippen LogP contribution in [0.1, 0.15) is 5.82 Å². The van der Waals surface area contributed by atoms with Gasteiger partial charge in [0.1, 0.15) is 22.2 Å². The van der Waals surface area contributed by atoms with Gasteiger partial charge in [0.15, 0.2) is 0 Å². The van der Waals surface area contributed by atoms with Crippen LogP contribution < -0.4 is 10.1 Å². The van der Waals surface area contributed by atoms with Crippen LogP contribution in [-0.4, -0.2) is 17.1 Å². The maximum absolute atomic E-state index is 6.15. The average Bonchev–Trinajstić information content (AvgIpc) is 3.08. The number of hydrogen-bond donors (Lipinski definition) is 1. The Kier molecular flexibility index (Phi) is 4.91. The summed E-state index contributed by atoms with van der Waals surface area (Å²) in [6, 6.07) is 13.4. The number of hydrogen-bond acceptors (Lipinski definition) is 5. The van der Waals surface area contributed by atoms with Gasteiger partial charge < -0.3 is 10.1 Å². The van der Waals surface area contributed by atoms with Crippen LogP contribution in [0.2, 0.25) is 10.0 Å². The monoisotopic (exact) mass is 415 g/mol. The summed E-state index contributed by atoms with van der Waals surface area (Å²) < 4.78 is 5.26. The highest BCUT2D eigenvalue weighted by Crippen LogP contribution is 2.38. The summed E-state index contributed by atoms with van der Waals surface area (Å²) in [6.45, 7) is 1.88. The minimum Gasteiger partial charge on any atom is -0.497 e. The van der Waals surface area contributed by atoms with E-state index in [-0.39, 0.29) is 0 Å². The van der Waals surface area contributed by atoms with Crippen LogP contribution in [0.25, 0.3) is 21.3 Å². The third-order valence-corrected chi connectivity index (χ3v) is 5.74. The summed E-state index contributed by atoms with van der Waals surface area (Å²) in [4.78, 5) is 10.1. The molecule has 2 heterocycles. The van der Waals surface area contributed by atoms with E-state index in [0.29, 0.717) is 15.9 Å². The van der Waals surface area contributed by atoms with Gasteiger partial charge in [0.25, 0.3) is 0 Å². The fraction of sp³-hybridized carbons (Fsp3) is 0.100. The van der Waals surface area contributed by atoms with Crippen molar-refractivity contribution in [2.24, 2.45) is 0 Å². The van der Waals surface area contributed by atoms with E-state index in [2.05, 4.69) is 20.7 Å². The Balaban J connectivity index is 1.83. The summed E-state index contributed by atoms with van der Waals surface area (Å²) in [6.07, 6.45) is 0. The molecule has 0 saturated heterocycles. The van der Waals surface area contributed by atoms with Crippen molar-refractivity contribution in [1.82, 2.24) is 9.97 Å². The number of benzene rings is 2. The molecule has 4 rings (SSSR count). The highest BCUT2D eigenvalue weighted by atomic mass is 35.5. The molecule has 4 aromatic rings. The number of anilines is 2. The number of ether oxygens (including phenoxy) is 1. The molecule has 4 nitrogen and oxygen atoms in total. The van der Waals surface area contributed by atoms with Crippen LogP contribution in [0.4, 0.5) is 11.5 Å². The number of rotatable bonds is 4. The third kappa shape index (κ3) is 3.58. The lowest BCUT2D eigenvalue weighted by atomic mass is 10.1. The predicted molar refractivity (Wildman–Crippen MR) is 114 cm³/mol. The second-order valence-corrected chi connectivity index (χ2v) is 7.60. The Morgan fingerprint density at radius 3 is 2.48 bits per heavy atom. The highest BCUT2D eigenvalue weighted by Gasteiger charge is 2.15. The fourth-order valence-corrected chi connectivity index (χ4v) is 4.12. The van der Waals surface area contributed by atoms with Crippen molar-refractivity contribution in [1.29, 1.82) is 0 Å². The second kappa shape index (κ2) is 7.35. The number of thiophene rings is 1. The zero-order valence-corrected chi connectivity index (χ0v) is 16.9. The van der Waals surface area contributed by atoms with Gasteiger partial charge in [-0.1, -0.05) is 35.3 Å². The highest BCUT2D eigenvalue weighted by molar-refractivity contribution is 7.17. The van der Waals surface area contributed by atoms with Crippen LogP contribution in [0, 0.1) is 6.92 Å².